The normalized spacial score (nSPS) is 12.4. The zero-order valence-corrected chi connectivity index (χ0v) is 9.41. The van der Waals surface area contributed by atoms with Crippen molar-refractivity contribution in [3.05, 3.63) is 71.0 Å². The van der Waals surface area contributed by atoms with Crippen LogP contribution in [0.4, 0.5) is 13.2 Å². The van der Waals surface area contributed by atoms with Crippen molar-refractivity contribution < 1.29 is 18.3 Å². The van der Waals surface area contributed by atoms with E-state index in [0.29, 0.717) is 5.56 Å². The maximum atomic E-state index is 13.0. The topological polar surface area (TPSA) is 20.2 Å². The molecular weight excluding hydrogens is 241 g/mol. The van der Waals surface area contributed by atoms with Crippen molar-refractivity contribution in [1.29, 1.82) is 0 Å². The Kier molecular flexibility index (Phi) is 3.67. The number of halogens is 3. The first-order chi connectivity index (χ1) is 8.54. The number of aliphatic hydroxyl groups excluding tert-OH is 1. The second-order valence-electron chi connectivity index (χ2n) is 4.05. The Morgan fingerprint density at radius 3 is 2.17 bits per heavy atom. The molecule has 0 aliphatic rings. The van der Waals surface area contributed by atoms with Crippen LogP contribution in [-0.4, -0.2) is 5.11 Å². The fourth-order valence-electron chi connectivity index (χ4n) is 1.77. The first-order valence-electron chi connectivity index (χ1n) is 5.43. The molecule has 4 heteroatoms. The Hall–Kier alpha value is -1.81. The molecule has 0 saturated heterocycles. The quantitative estimate of drug-likeness (QED) is 0.887. The van der Waals surface area contributed by atoms with Gasteiger partial charge < -0.3 is 5.11 Å². The van der Waals surface area contributed by atoms with Crippen molar-refractivity contribution in [2.24, 2.45) is 0 Å². The molecule has 1 N–H and O–H groups in total. The van der Waals surface area contributed by atoms with Crippen LogP contribution in [0.1, 0.15) is 17.2 Å². The summed E-state index contributed by atoms with van der Waals surface area (Å²) in [7, 11) is 0. The van der Waals surface area contributed by atoms with Gasteiger partial charge in [-0.05, 0) is 35.4 Å². The molecule has 0 fully saturated rings. The van der Waals surface area contributed by atoms with Crippen LogP contribution in [0.25, 0.3) is 0 Å². The summed E-state index contributed by atoms with van der Waals surface area (Å²) in [5, 5.41) is 9.86. The molecule has 2 aromatic carbocycles. The minimum absolute atomic E-state index is 0.0979. The van der Waals surface area contributed by atoms with E-state index in [9.17, 15) is 18.3 Å². The average Bonchev–Trinajstić information content (AvgIpc) is 2.27. The minimum Gasteiger partial charge on any atom is -0.388 e. The summed E-state index contributed by atoms with van der Waals surface area (Å²) < 4.78 is 38.9. The highest BCUT2D eigenvalue weighted by Gasteiger charge is 2.11. The van der Waals surface area contributed by atoms with E-state index >= 15 is 0 Å². The molecule has 0 aliphatic carbocycles. The minimum atomic E-state index is -1.07. The number of benzene rings is 2. The Labute approximate surface area is 103 Å². The van der Waals surface area contributed by atoms with Gasteiger partial charge in [-0.15, -0.1) is 0 Å². The van der Waals surface area contributed by atoms with Gasteiger partial charge in [-0.2, -0.15) is 0 Å². The Morgan fingerprint density at radius 1 is 0.889 bits per heavy atom. The van der Waals surface area contributed by atoms with Gasteiger partial charge in [0.15, 0.2) is 0 Å². The molecule has 2 aromatic rings. The van der Waals surface area contributed by atoms with Gasteiger partial charge in [0.05, 0.1) is 6.10 Å². The van der Waals surface area contributed by atoms with Gasteiger partial charge in [-0.3, -0.25) is 0 Å². The lowest BCUT2D eigenvalue weighted by molar-refractivity contribution is 0.177. The van der Waals surface area contributed by atoms with Gasteiger partial charge >= 0.3 is 0 Å². The lowest BCUT2D eigenvalue weighted by Gasteiger charge is -2.11. The Morgan fingerprint density at radius 2 is 1.56 bits per heavy atom. The summed E-state index contributed by atoms with van der Waals surface area (Å²) in [6.07, 6.45) is -0.974. The highest BCUT2D eigenvalue weighted by atomic mass is 19.1. The molecule has 0 heterocycles. The predicted molar refractivity (Wildman–Crippen MR) is 61.4 cm³/mol. The van der Waals surface area contributed by atoms with Crippen LogP contribution in [0.5, 0.6) is 0 Å². The van der Waals surface area contributed by atoms with Crippen molar-refractivity contribution in [1.82, 2.24) is 0 Å². The van der Waals surface area contributed by atoms with E-state index in [1.165, 1.54) is 18.2 Å². The first kappa shape index (κ1) is 12.6. The number of hydrogen-bond donors (Lipinski definition) is 1. The van der Waals surface area contributed by atoms with Crippen molar-refractivity contribution in [2.75, 3.05) is 0 Å². The summed E-state index contributed by atoms with van der Waals surface area (Å²) in [5.74, 6) is -1.91. The second-order valence-corrected chi connectivity index (χ2v) is 4.05. The molecular formula is C14H11F3O. The molecule has 0 radical (unpaired) electrons. The molecule has 1 nitrogen and oxygen atoms in total. The van der Waals surface area contributed by atoms with Gasteiger partial charge in [0.1, 0.15) is 17.5 Å². The number of hydrogen-bond acceptors (Lipinski definition) is 1. The maximum absolute atomic E-state index is 13.0. The molecule has 1 atom stereocenters. The van der Waals surface area contributed by atoms with E-state index in [1.54, 1.807) is 6.07 Å². The van der Waals surface area contributed by atoms with Crippen molar-refractivity contribution in [2.45, 2.75) is 12.5 Å². The van der Waals surface area contributed by atoms with Crippen molar-refractivity contribution >= 4 is 0 Å². The molecule has 0 bridgehead atoms. The molecule has 2 rings (SSSR count). The average molecular weight is 252 g/mol. The van der Waals surface area contributed by atoms with E-state index in [-0.39, 0.29) is 12.0 Å². The third kappa shape index (κ3) is 3.11. The van der Waals surface area contributed by atoms with Crippen LogP contribution in [0.3, 0.4) is 0 Å². The molecule has 0 spiro atoms. The lowest BCUT2D eigenvalue weighted by atomic mass is 10.0. The van der Waals surface area contributed by atoms with E-state index < -0.39 is 23.6 Å². The standard InChI is InChI=1S/C14H11F3O/c15-11-3-1-2-9(4-11)5-14(18)10-6-12(16)8-13(17)7-10/h1-4,6-8,14,18H,5H2. The van der Waals surface area contributed by atoms with Crippen molar-refractivity contribution in [3.8, 4) is 0 Å². The fraction of sp³-hybridized carbons (Fsp3) is 0.143. The van der Waals surface area contributed by atoms with E-state index in [1.807, 2.05) is 0 Å². The van der Waals surface area contributed by atoms with Gasteiger partial charge in [-0.25, -0.2) is 13.2 Å². The number of aliphatic hydroxyl groups is 1. The molecule has 1 unspecified atom stereocenters. The highest BCUT2D eigenvalue weighted by Crippen LogP contribution is 2.20. The Balaban J connectivity index is 2.19. The van der Waals surface area contributed by atoms with Gasteiger partial charge in [0, 0.05) is 12.5 Å². The molecule has 0 amide bonds. The highest BCUT2D eigenvalue weighted by molar-refractivity contribution is 5.24. The SMILES string of the molecule is OC(Cc1cccc(F)c1)c1cc(F)cc(F)c1. The molecule has 94 valence electrons. The largest absolute Gasteiger partial charge is 0.388 e. The summed E-state index contributed by atoms with van der Waals surface area (Å²) in [5.41, 5.74) is 0.698. The predicted octanol–water partition coefficient (Wildman–Crippen LogP) is 3.38. The zero-order chi connectivity index (χ0) is 13.1. The van der Waals surface area contributed by atoms with Gasteiger partial charge in [0.25, 0.3) is 0 Å². The van der Waals surface area contributed by atoms with E-state index in [2.05, 4.69) is 0 Å². The van der Waals surface area contributed by atoms with Crippen molar-refractivity contribution in [3.63, 3.8) is 0 Å². The Bertz CT molecular complexity index is 534. The lowest BCUT2D eigenvalue weighted by Crippen LogP contribution is -2.03. The van der Waals surface area contributed by atoms with Crippen LogP contribution >= 0.6 is 0 Å². The van der Waals surface area contributed by atoms with E-state index in [4.69, 9.17) is 0 Å². The first-order valence-corrected chi connectivity index (χ1v) is 5.43. The monoisotopic (exact) mass is 252 g/mol. The van der Waals surface area contributed by atoms with Gasteiger partial charge in [-0.1, -0.05) is 12.1 Å². The summed E-state index contributed by atoms with van der Waals surface area (Å²) in [6, 6.07) is 8.58. The fourth-order valence-corrected chi connectivity index (χ4v) is 1.77. The molecule has 0 aromatic heterocycles. The number of rotatable bonds is 3. The molecule has 0 saturated carbocycles. The van der Waals surface area contributed by atoms with Crippen LogP contribution in [0.2, 0.25) is 0 Å². The summed E-state index contributed by atoms with van der Waals surface area (Å²) in [4.78, 5) is 0. The van der Waals surface area contributed by atoms with Gasteiger partial charge in [0.2, 0.25) is 0 Å². The smallest absolute Gasteiger partial charge is 0.126 e. The van der Waals surface area contributed by atoms with Crippen LogP contribution in [-0.2, 0) is 6.42 Å². The summed E-state index contributed by atoms with van der Waals surface area (Å²) >= 11 is 0. The second kappa shape index (κ2) is 5.23. The van der Waals surface area contributed by atoms with Crippen LogP contribution < -0.4 is 0 Å². The van der Waals surface area contributed by atoms with Crippen LogP contribution in [0, 0.1) is 17.5 Å². The third-order valence-corrected chi connectivity index (χ3v) is 2.59. The molecule has 0 aliphatic heterocycles. The van der Waals surface area contributed by atoms with Crippen LogP contribution in [0.15, 0.2) is 42.5 Å². The maximum Gasteiger partial charge on any atom is 0.126 e. The van der Waals surface area contributed by atoms with E-state index in [0.717, 1.165) is 18.2 Å². The molecule has 18 heavy (non-hydrogen) atoms. The zero-order valence-electron chi connectivity index (χ0n) is 9.41. The third-order valence-electron chi connectivity index (χ3n) is 2.59. The summed E-state index contributed by atoms with van der Waals surface area (Å²) in [6.45, 7) is 0.